The third kappa shape index (κ3) is 5.73. The van der Waals surface area contributed by atoms with Gasteiger partial charge < -0.3 is 34.3 Å². The lowest BCUT2D eigenvalue weighted by Crippen LogP contribution is -2.36. The second-order valence-corrected chi connectivity index (χ2v) is 11.2. The van der Waals surface area contributed by atoms with Crippen molar-refractivity contribution < 1.29 is 14.6 Å². The van der Waals surface area contributed by atoms with Gasteiger partial charge in [-0.1, -0.05) is 12.1 Å². The molecule has 0 aromatic heterocycles. The number of fused-ring (bicyclic) bond motifs is 2. The minimum Gasteiger partial charge on any atom is -0.862 e. The molecule has 0 saturated carbocycles. The Bertz CT molecular complexity index is 1130. The first-order chi connectivity index (χ1) is 18.1. The Balaban J connectivity index is 1.15. The van der Waals surface area contributed by atoms with Gasteiger partial charge in [-0.05, 0) is 99.1 Å². The lowest BCUT2D eigenvalue weighted by Gasteiger charge is -2.28. The van der Waals surface area contributed by atoms with Crippen LogP contribution in [0.4, 0.5) is 5.69 Å². The SMILES string of the molecule is CN1CCc2ccc(N3CC[C@@H](C([O-])=NC(Cc4ccc5c(c4)OCCO5)CN4CCCC4)C3)cc2C1. The molecule has 4 aliphatic heterocycles. The topological polar surface area (TPSA) is 63.6 Å². The van der Waals surface area contributed by atoms with Gasteiger partial charge in [0, 0.05) is 44.3 Å². The Labute approximate surface area is 220 Å². The first-order valence-corrected chi connectivity index (χ1v) is 14.0. The predicted molar refractivity (Wildman–Crippen MR) is 145 cm³/mol. The minimum absolute atomic E-state index is 0.0277. The minimum atomic E-state index is -0.0403. The van der Waals surface area contributed by atoms with Gasteiger partial charge in [0.25, 0.3) is 0 Å². The summed E-state index contributed by atoms with van der Waals surface area (Å²) in [4.78, 5) is 12.1. The molecule has 7 heteroatoms. The summed E-state index contributed by atoms with van der Waals surface area (Å²) in [6, 6.07) is 13.0. The third-order valence-electron chi connectivity index (χ3n) is 8.35. The van der Waals surface area contributed by atoms with Crippen molar-refractivity contribution in [2.75, 3.05) is 64.4 Å². The van der Waals surface area contributed by atoms with Gasteiger partial charge in [0.15, 0.2) is 11.5 Å². The maximum absolute atomic E-state index is 13.4. The third-order valence-corrected chi connectivity index (χ3v) is 8.35. The van der Waals surface area contributed by atoms with E-state index in [-0.39, 0.29) is 17.9 Å². The van der Waals surface area contributed by atoms with Crippen LogP contribution in [0, 0.1) is 5.92 Å². The first-order valence-electron chi connectivity index (χ1n) is 14.0. The van der Waals surface area contributed by atoms with E-state index in [1.165, 1.54) is 29.7 Å². The van der Waals surface area contributed by atoms with Crippen LogP contribution >= 0.6 is 0 Å². The van der Waals surface area contributed by atoms with Crippen LogP contribution < -0.4 is 19.5 Å². The average Bonchev–Trinajstić information content (AvgIpc) is 3.61. The zero-order valence-corrected chi connectivity index (χ0v) is 22.0. The van der Waals surface area contributed by atoms with Crippen LogP contribution in [0.5, 0.6) is 11.5 Å². The average molecular weight is 504 g/mol. The molecule has 4 aliphatic rings. The summed E-state index contributed by atoms with van der Waals surface area (Å²) >= 11 is 0. The summed E-state index contributed by atoms with van der Waals surface area (Å²) in [6.45, 7) is 8.03. The largest absolute Gasteiger partial charge is 0.862 e. The number of rotatable bonds is 7. The molecule has 0 N–H and O–H groups in total. The van der Waals surface area contributed by atoms with Gasteiger partial charge in [0.1, 0.15) is 13.2 Å². The highest BCUT2D eigenvalue weighted by molar-refractivity contribution is 5.76. The number of likely N-dealkylation sites (tertiary alicyclic amines) is 1. The zero-order valence-electron chi connectivity index (χ0n) is 22.0. The monoisotopic (exact) mass is 503 g/mol. The van der Waals surface area contributed by atoms with E-state index in [9.17, 15) is 5.11 Å². The van der Waals surface area contributed by atoms with E-state index in [1.807, 2.05) is 6.07 Å². The Morgan fingerprint density at radius 3 is 2.70 bits per heavy atom. The van der Waals surface area contributed by atoms with Gasteiger partial charge in [-0.3, -0.25) is 0 Å². The Hall–Kier alpha value is -2.77. The van der Waals surface area contributed by atoms with Crippen molar-refractivity contribution in [2.45, 2.75) is 44.7 Å². The normalized spacial score (nSPS) is 23.3. The van der Waals surface area contributed by atoms with Crippen molar-refractivity contribution in [3.05, 3.63) is 53.1 Å². The lowest BCUT2D eigenvalue weighted by molar-refractivity contribution is -0.223. The molecular formula is C30H39N4O3-. The smallest absolute Gasteiger partial charge is 0.161 e. The second kappa shape index (κ2) is 10.9. The van der Waals surface area contributed by atoms with Crippen LogP contribution in [0.2, 0.25) is 0 Å². The quantitative estimate of drug-likeness (QED) is 0.428. The molecule has 0 spiro atoms. The molecule has 2 fully saturated rings. The molecule has 2 atom stereocenters. The summed E-state index contributed by atoms with van der Waals surface area (Å²) in [5.41, 5.74) is 5.29. The van der Waals surface area contributed by atoms with Crippen molar-refractivity contribution in [3.63, 3.8) is 0 Å². The van der Waals surface area contributed by atoms with E-state index in [0.29, 0.717) is 13.2 Å². The number of likely N-dealkylation sites (N-methyl/N-ethyl adjacent to an activating group) is 1. The molecule has 2 saturated heterocycles. The number of hydrogen-bond acceptors (Lipinski definition) is 7. The van der Waals surface area contributed by atoms with Crippen molar-refractivity contribution in [1.82, 2.24) is 9.80 Å². The van der Waals surface area contributed by atoms with Crippen molar-refractivity contribution in [2.24, 2.45) is 10.9 Å². The van der Waals surface area contributed by atoms with E-state index in [1.54, 1.807) is 0 Å². The van der Waals surface area contributed by atoms with Gasteiger partial charge in [-0.15, -0.1) is 0 Å². The van der Waals surface area contributed by atoms with Crippen molar-refractivity contribution in [1.29, 1.82) is 0 Å². The van der Waals surface area contributed by atoms with Crippen LogP contribution in [0.1, 0.15) is 36.0 Å². The maximum atomic E-state index is 13.4. The number of anilines is 1. The van der Waals surface area contributed by atoms with Crippen LogP contribution in [-0.2, 0) is 19.4 Å². The molecule has 2 aromatic rings. The molecule has 1 unspecified atom stereocenters. The summed E-state index contributed by atoms with van der Waals surface area (Å²) in [7, 11) is 2.19. The van der Waals surface area contributed by atoms with Gasteiger partial charge >= 0.3 is 0 Å². The van der Waals surface area contributed by atoms with Gasteiger partial charge in [-0.25, -0.2) is 0 Å². The van der Waals surface area contributed by atoms with E-state index in [4.69, 9.17) is 14.5 Å². The highest BCUT2D eigenvalue weighted by Crippen LogP contribution is 2.32. The van der Waals surface area contributed by atoms with Crippen molar-refractivity contribution in [3.8, 4) is 11.5 Å². The number of ether oxygens (including phenoxy) is 2. The molecule has 0 radical (unpaired) electrons. The zero-order chi connectivity index (χ0) is 25.2. The molecule has 2 aromatic carbocycles. The lowest BCUT2D eigenvalue weighted by atomic mass is 9.99. The molecule has 0 bridgehead atoms. The van der Waals surface area contributed by atoms with E-state index < -0.39 is 0 Å². The fourth-order valence-corrected chi connectivity index (χ4v) is 6.26. The summed E-state index contributed by atoms with van der Waals surface area (Å²) in [6.07, 6.45) is 5.21. The van der Waals surface area contributed by atoms with E-state index in [0.717, 1.165) is 82.1 Å². The Kier molecular flexibility index (Phi) is 7.25. The predicted octanol–water partition coefficient (Wildman–Crippen LogP) is 2.74. The molecular weight excluding hydrogens is 464 g/mol. The van der Waals surface area contributed by atoms with Crippen LogP contribution in [0.3, 0.4) is 0 Å². The maximum Gasteiger partial charge on any atom is 0.161 e. The summed E-state index contributed by atoms with van der Waals surface area (Å²) in [5.74, 6) is 1.65. The molecule has 7 nitrogen and oxygen atoms in total. The Morgan fingerprint density at radius 1 is 1.00 bits per heavy atom. The molecule has 6 rings (SSSR count). The molecule has 37 heavy (non-hydrogen) atoms. The first kappa shape index (κ1) is 24.6. The Morgan fingerprint density at radius 2 is 1.84 bits per heavy atom. The second-order valence-electron chi connectivity index (χ2n) is 11.2. The van der Waals surface area contributed by atoms with Gasteiger partial charge in [-0.2, -0.15) is 0 Å². The van der Waals surface area contributed by atoms with Crippen LogP contribution in [-0.4, -0.2) is 81.3 Å². The van der Waals surface area contributed by atoms with Crippen LogP contribution in [0.15, 0.2) is 41.4 Å². The van der Waals surface area contributed by atoms with Gasteiger partial charge in [0.2, 0.25) is 0 Å². The highest BCUT2D eigenvalue weighted by atomic mass is 16.6. The molecule has 0 amide bonds. The van der Waals surface area contributed by atoms with E-state index in [2.05, 4.69) is 52.1 Å². The fourth-order valence-electron chi connectivity index (χ4n) is 6.26. The number of hydrogen-bond donors (Lipinski definition) is 0. The fraction of sp³-hybridized carbons (Fsp3) is 0.567. The van der Waals surface area contributed by atoms with Crippen LogP contribution in [0.25, 0.3) is 0 Å². The highest BCUT2D eigenvalue weighted by Gasteiger charge is 2.26. The van der Waals surface area contributed by atoms with Gasteiger partial charge in [0.05, 0.1) is 6.04 Å². The number of benzene rings is 2. The summed E-state index contributed by atoms with van der Waals surface area (Å²) in [5, 5.41) is 13.4. The van der Waals surface area contributed by atoms with Crippen molar-refractivity contribution >= 4 is 11.6 Å². The standard InChI is InChI=1S/C30H40N4O3/c1-32-12-8-23-5-6-27(18-25(23)19-32)34-13-9-24(20-34)30(35)31-26(21-33-10-2-3-11-33)16-22-4-7-28-29(17-22)37-15-14-36-28/h4-7,17-18,24,26H,2-3,8-16,19-21H2,1H3,(H,31,35)/p-1/t24-,26?/m1/s1. The number of aliphatic imine (C=N–C) groups is 1. The van der Waals surface area contributed by atoms with E-state index >= 15 is 0 Å². The molecule has 4 heterocycles. The number of nitrogens with zero attached hydrogens (tertiary/aromatic N) is 4. The molecule has 0 aliphatic carbocycles. The molecule has 198 valence electrons. The summed E-state index contributed by atoms with van der Waals surface area (Å²) < 4.78 is 11.5.